The highest BCUT2D eigenvalue weighted by molar-refractivity contribution is 14.1. The highest BCUT2D eigenvalue weighted by Gasteiger charge is 2.45. The fraction of sp³-hybridized carbons (Fsp3) is 0.417. The van der Waals surface area contributed by atoms with Crippen LogP contribution < -0.4 is 4.74 Å². The SMILES string of the molecule is O=C(O)CC1(COc2ccc(I)cc2)CC1. The zero-order valence-corrected chi connectivity index (χ0v) is 10.9. The summed E-state index contributed by atoms with van der Waals surface area (Å²) in [5, 5.41) is 8.77. The summed E-state index contributed by atoms with van der Waals surface area (Å²) >= 11 is 2.24. The first-order valence-electron chi connectivity index (χ1n) is 5.20. The molecule has 0 aliphatic heterocycles. The normalized spacial score (nSPS) is 16.8. The van der Waals surface area contributed by atoms with Crippen LogP contribution in [0.15, 0.2) is 24.3 Å². The minimum absolute atomic E-state index is 0.102. The first kappa shape index (κ1) is 11.7. The Hall–Kier alpha value is -0.780. The molecule has 0 bridgehead atoms. The van der Waals surface area contributed by atoms with E-state index in [1.807, 2.05) is 24.3 Å². The number of benzene rings is 1. The summed E-state index contributed by atoms with van der Waals surface area (Å²) in [7, 11) is 0. The summed E-state index contributed by atoms with van der Waals surface area (Å²) < 4.78 is 6.79. The van der Waals surface area contributed by atoms with Crippen molar-refractivity contribution in [3.63, 3.8) is 0 Å². The molecular weight excluding hydrogens is 319 g/mol. The van der Waals surface area contributed by atoms with Gasteiger partial charge in [-0.05, 0) is 59.7 Å². The van der Waals surface area contributed by atoms with E-state index in [1.165, 1.54) is 0 Å². The molecule has 1 aromatic rings. The van der Waals surface area contributed by atoms with E-state index in [4.69, 9.17) is 9.84 Å². The molecule has 1 N–H and O–H groups in total. The molecule has 0 aromatic heterocycles. The van der Waals surface area contributed by atoms with E-state index in [0.29, 0.717) is 6.61 Å². The lowest BCUT2D eigenvalue weighted by Crippen LogP contribution is -2.17. The second-order valence-corrected chi connectivity index (χ2v) is 5.56. The monoisotopic (exact) mass is 332 g/mol. The van der Waals surface area contributed by atoms with Crippen LogP contribution >= 0.6 is 22.6 Å². The standard InChI is InChI=1S/C12H13IO3/c13-9-1-3-10(4-2-9)16-8-12(5-6-12)7-11(14)15/h1-4H,5-8H2,(H,14,15). The Morgan fingerprint density at radius 2 is 2.00 bits per heavy atom. The van der Waals surface area contributed by atoms with Gasteiger partial charge in [-0.1, -0.05) is 0 Å². The van der Waals surface area contributed by atoms with E-state index >= 15 is 0 Å². The fourth-order valence-electron chi connectivity index (χ4n) is 1.64. The van der Waals surface area contributed by atoms with Crippen molar-refractivity contribution in [3.8, 4) is 5.75 Å². The second kappa shape index (κ2) is 4.61. The molecule has 0 unspecified atom stereocenters. The van der Waals surface area contributed by atoms with E-state index in [-0.39, 0.29) is 11.8 Å². The Balaban J connectivity index is 1.87. The second-order valence-electron chi connectivity index (χ2n) is 4.31. The number of carboxylic acid groups (broad SMARTS) is 1. The first-order chi connectivity index (χ1) is 7.60. The Morgan fingerprint density at radius 3 is 2.50 bits per heavy atom. The van der Waals surface area contributed by atoms with Crippen LogP contribution in [0.5, 0.6) is 5.75 Å². The molecule has 0 amide bonds. The van der Waals surface area contributed by atoms with Gasteiger partial charge in [0.15, 0.2) is 0 Å². The van der Waals surface area contributed by atoms with Crippen LogP contribution in [0, 0.1) is 8.99 Å². The lowest BCUT2D eigenvalue weighted by Gasteiger charge is -2.13. The van der Waals surface area contributed by atoms with Gasteiger partial charge < -0.3 is 9.84 Å². The minimum atomic E-state index is -0.733. The van der Waals surface area contributed by atoms with E-state index < -0.39 is 5.97 Å². The summed E-state index contributed by atoms with van der Waals surface area (Å²) in [5.74, 6) is 0.0841. The number of hydrogen-bond donors (Lipinski definition) is 1. The third kappa shape index (κ3) is 3.10. The Labute approximate surface area is 108 Å². The van der Waals surface area contributed by atoms with Gasteiger partial charge >= 0.3 is 5.97 Å². The van der Waals surface area contributed by atoms with Crippen LogP contribution in [0.1, 0.15) is 19.3 Å². The van der Waals surface area contributed by atoms with E-state index in [2.05, 4.69) is 22.6 Å². The molecule has 1 aliphatic carbocycles. The number of hydrogen-bond acceptors (Lipinski definition) is 2. The summed E-state index contributed by atoms with van der Waals surface area (Å²) in [5.41, 5.74) is -0.102. The molecule has 1 aromatic carbocycles. The molecule has 0 spiro atoms. The van der Waals surface area contributed by atoms with Crippen LogP contribution in [0.25, 0.3) is 0 Å². The number of carboxylic acids is 1. The van der Waals surface area contributed by atoms with Gasteiger partial charge in [-0.15, -0.1) is 0 Å². The van der Waals surface area contributed by atoms with Crippen molar-refractivity contribution < 1.29 is 14.6 Å². The van der Waals surface area contributed by atoms with Crippen molar-refractivity contribution in [1.82, 2.24) is 0 Å². The van der Waals surface area contributed by atoms with Crippen molar-refractivity contribution in [2.75, 3.05) is 6.61 Å². The van der Waals surface area contributed by atoms with E-state index in [9.17, 15) is 4.79 Å². The average molecular weight is 332 g/mol. The van der Waals surface area contributed by atoms with Gasteiger partial charge in [0.05, 0.1) is 13.0 Å². The first-order valence-corrected chi connectivity index (χ1v) is 6.28. The number of ether oxygens (including phenoxy) is 1. The topological polar surface area (TPSA) is 46.5 Å². The summed E-state index contributed by atoms with van der Waals surface area (Å²) in [6, 6.07) is 7.79. The molecule has 86 valence electrons. The van der Waals surface area contributed by atoms with Gasteiger partial charge in [0.25, 0.3) is 0 Å². The van der Waals surface area contributed by atoms with Gasteiger partial charge in [-0.3, -0.25) is 4.79 Å². The molecule has 16 heavy (non-hydrogen) atoms. The van der Waals surface area contributed by atoms with Crippen LogP contribution in [0.4, 0.5) is 0 Å². The molecule has 1 fully saturated rings. The maximum atomic E-state index is 10.7. The molecule has 0 radical (unpaired) electrons. The fourth-order valence-corrected chi connectivity index (χ4v) is 2.00. The highest BCUT2D eigenvalue weighted by Crippen LogP contribution is 2.48. The minimum Gasteiger partial charge on any atom is -0.493 e. The summed E-state index contributed by atoms with van der Waals surface area (Å²) in [4.78, 5) is 10.7. The number of rotatable bonds is 5. The van der Waals surface area contributed by atoms with E-state index in [0.717, 1.165) is 22.2 Å². The van der Waals surface area contributed by atoms with Crippen molar-refractivity contribution in [1.29, 1.82) is 0 Å². The van der Waals surface area contributed by atoms with Crippen molar-refractivity contribution in [3.05, 3.63) is 27.8 Å². The number of halogens is 1. The molecule has 0 atom stereocenters. The molecule has 0 heterocycles. The third-order valence-corrected chi connectivity index (χ3v) is 3.56. The van der Waals surface area contributed by atoms with Crippen molar-refractivity contribution >= 4 is 28.6 Å². The zero-order chi connectivity index (χ0) is 11.6. The van der Waals surface area contributed by atoms with Gasteiger partial charge in [0.2, 0.25) is 0 Å². The van der Waals surface area contributed by atoms with Crippen LogP contribution in [0.2, 0.25) is 0 Å². The molecule has 1 saturated carbocycles. The van der Waals surface area contributed by atoms with Gasteiger partial charge in [0, 0.05) is 8.99 Å². The predicted octanol–water partition coefficient (Wildman–Crippen LogP) is 2.92. The smallest absolute Gasteiger partial charge is 0.304 e. The van der Waals surface area contributed by atoms with Crippen LogP contribution in [-0.2, 0) is 4.79 Å². The van der Waals surface area contributed by atoms with Gasteiger partial charge in [-0.2, -0.15) is 0 Å². The Morgan fingerprint density at radius 1 is 1.38 bits per heavy atom. The third-order valence-electron chi connectivity index (χ3n) is 2.84. The quantitative estimate of drug-likeness (QED) is 0.844. The van der Waals surface area contributed by atoms with E-state index in [1.54, 1.807) is 0 Å². The predicted molar refractivity (Wildman–Crippen MR) is 68.6 cm³/mol. The van der Waals surface area contributed by atoms with Gasteiger partial charge in [0.1, 0.15) is 5.75 Å². The maximum absolute atomic E-state index is 10.7. The van der Waals surface area contributed by atoms with Crippen molar-refractivity contribution in [2.45, 2.75) is 19.3 Å². The average Bonchev–Trinajstić information content (AvgIpc) is 2.97. The maximum Gasteiger partial charge on any atom is 0.304 e. The Kier molecular flexibility index (Phi) is 3.37. The molecule has 0 saturated heterocycles. The van der Waals surface area contributed by atoms with Crippen molar-refractivity contribution in [2.24, 2.45) is 5.41 Å². The molecule has 3 nitrogen and oxygen atoms in total. The summed E-state index contributed by atoms with van der Waals surface area (Å²) in [6.07, 6.45) is 2.14. The lowest BCUT2D eigenvalue weighted by atomic mass is 10.0. The molecule has 4 heteroatoms. The van der Waals surface area contributed by atoms with Gasteiger partial charge in [-0.25, -0.2) is 0 Å². The molecular formula is C12H13IO3. The largest absolute Gasteiger partial charge is 0.493 e. The van der Waals surface area contributed by atoms with Crippen LogP contribution in [0.3, 0.4) is 0 Å². The molecule has 1 aliphatic rings. The van der Waals surface area contributed by atoms with Crippen LogP contribution in [-0.4, -0.2) is 17.7 Å². The highest BCUT2D eigenvalue weighted by atomic mass is 127. The zero-order valence-electron chi connectivity index (χ0n) is 8.78. The Bertz CT molecular complexity index is 382. The molecule has 2 rings (SSSR count). The number of carbonyl (C=O) groups is 1. The summed E-state index contributed by atoms with van der Waals surface area (Å²) in [6.45, 7) is 0.514. The number of aliphatic carboxylic acids is 1. The lowest BCUT2D eigenvalue weighted by molar-refractivity contribution is -0.138.